The summed E-state index contributed by atoms with van der Waals surface area (Å²) in [4.78, 5) is 218. The van der Waals surface area contributed by atoms with Crippen LogP contribution in [0, 0.1) is 5.92 Å². The van der Waals surface area contributed by atoms with Gasteiger partial charge in [0.2, 0.25) is 76.8 Å². The molecule has 0 aliphatic carbocycles. The van der Waals surface area contributed by atoms with E-state index in [0.717, 1.165) is 0 Å². The number of H-pyrrole nitrogens is 1. The second kappa shape index (κ2) is 43.7. The van der Waals surface area contributed by atoms with Crippen LogP contribution in [0.4, 0.5) is 0 Å². The molecular weight excluding hydrogens is 1380 g/mol. The Labute approximate surface area is 602 Å². The van der Waals surface area contributed by atoms with Gasteiger partial charge in [0.15, 0.2) is 0 Å². The van der Waals surface area contributed by atoms with Crippen LogP contribution in [0.3, 0.4) is 0 Å². The lowest BCUT2D eigenvalue weighted by molar-refractivity contribution is -0.143. The molecule has 37 heteroatoms. The number of carboxylic acids is 3. The van der Waals surface area contributed by atoms with E-state index in [0.29, 0.717) is 34.0 Å². The number of amides is 13. The summed E-state index contributed by atoms with van der Waals surface area (Å²) in [5, 5.41) is 65.5. The molecule has 11 atom stereocenters. The average Bonchev–Trinajstić information content (AvgIpc) is 1.67. The zero-order valence-corrected chi connectivity index (χ0v) is 58.1. The van der Waals surface area contributed by atoms with E-state index >= 15 is 0 Å². The first-order chi connectivity index (χ1) is 49.4. The molecule has 24 N–H and O–H groups in total. The number of aliphatic carboxylic acids is 3. The molecule has 0 saturated heterocycles. The maximum atomic E-state index is 14.9. The van der Waals surface area contributed by atoms with Crippen molar-refractivity contribution in [2.24, 2.45) is 28.9 Å². The van der Waals surface area contributed by atoms with Gasteiger partial charge in [-0.15, -0.1) is 0 Å². The summed E-state index contributed by atoms with van der Waals surface area (Å²) >= 11 is 4.19. The highest BCUT2D eigenvalue weighted by Crippen LogP contribution is 2.20. The van der Waals surface area contributed by atoms with Gasteiger partial charge >= 0.3 is 17.9 Å². The number of aliphatic hydroxyl groups is 1. The number of primary amides is 2. The number of rotatable bonds is 47. The maximum Gasteiger partial charge on any atom is 0.328 e. The molecule has 1 aromatic heterocycles. The van der Waals surface area contributed by atoms with Crippen LogP contribution in [0.1, 0.15) is 94.7 Å². The van der Waals surface area contributed by atoms with Crippen molar-refractivity contribution in [2.45, 2.75) is 164 Å². The molecule has 13 amide bonds. The second-order valence-electron chi connectivity index (χ2n) is 24.7. The number of hydrogen-bond acceptors (Lipinski definition) is 20. The summed E-state index contributed by atoms with van der Waals surface area (Å²) in [5.41, 5.74) is 24.0. The van der Waals surface area contributed by atoms with Crippen molar-refractivity contribution >= 4 is 118 Å². The van der Waals surface area contributed by atoms with E-state index in [1.165, 1.54) is 6.20 Å². The first-order valence-electron chi connectivity index (χ1n) is 33.2. The SMILES string of the molecule is CC(C)C[C@H](NC(=O)[C@H](Cc1ccccc1)NC(=O)[C@H](CCC(N)=O)NC(=O)[C@H](CCCCN)NC(=O)[C@H](Cc1ccccc1)NC(=O)[C@H](CC(=O)O)NC(=O)CN)C(=O)N[C@@H](CCC(=O)O)C(=O)N[C@@H](Cc1c[nH]c2ccccc12)C(=O)N[C@@H](CS)C(=O)N[C@@H](CC(N)=O)C(=O)N[C@@H](CO)C(=O)O. The molecule has 4 aromatic rings. The Bertz CT molecular complexity index is 3660. The van der Waals surface area contributed by atoms with Gasteiger partial charge in [-0.2, -0.15) is 12.6 Å². The molecule has 0 fully saturated rings. The summed E-state index contributed by atoms with van der Waals surface area (Å²) in [7, 11) is 0. The van der Waals surface area contributed by atoms with Crippen LogP contribution in [-0.2, 0) is 96.0 Å². The van der Waals surface area contributed by atoms with E-state index in [4.69, 9.17) is 22.9 Å². The Morgan fingerprint density at radius 3 is 1.29 bits per heavy atom. The van der Waals surface area contributed by atoms with Crippen molar-refractivity contribution in [1.82, 2.24) is 63.5 Å². The number of nitrogens with one attached hydrogen (secondary N) is 12. The fourth-order valence-corrected chi connectivity index (χ4v) is 10.8. The zero-order valence-electron chi connectivity index (χ0n) is 57.2. The van der Waals surface area contributed by atoms with Gasteiger partial charge in [0.05, 0.1) is 26.0 Å². The first kappa shape index (κ1) is 85.4. The topological polar surface area (TPSA) is 606 Å². The van der Waals surface area contributed by atoms with Gasteiger partial charge in [-0.1, -0.05) is 92.7 Å². The van der Waals surface area contributed by atoms with Gasteiger partial charge in [0.1, 0.15) is 66.5 Å². The predicted octanol–water partition coefficient (Wildman–Crippen LogP) is -4.85. The molecule has 0 aliphatic heterocycles. The van der Waals surface area contributed by atoms with Crippen molar-refractivity contribution in [3.63, 3.8) is 0 Å². The molecule has 1 heterocycles. The number of thiol groups is 1. The van der Waals surface area contributed by atoms with Crippen LogP contribution < -0.4 is 81.4 Å². The van der Waals surface area contributed by atoms with Gasteiger partial charge in [-0.3, -0.25) is 71.9 Å². The molecule has 104 heavy (non-hydrogen) atoms. The molecule has 0 unspecified atom stereocenters. The van der Waals surface area contributed by atoms with Crippen LogP contribution >= 0.6 is 12.6 Å². The normalized spacial score (nSPS) is 14.2. The summed E-state index contributed by atoms with van der Waals surface area (Å²) in [6.07, 6.45) is -3.28. The van der Waals surface area contributed by atoms with E-state index in [-0.39, 0.29) is 45.1 Å². The van der Waals surface area contributed by atoms with Gasteiger partial charge in [-0.25, -0.2) is 4.79 Å². The van der Waals surface area contributed by atoms with E-state index < -0.39 is 225 Å². The minimum Gasteiger partial charge on any atom is -0.481 e. The van der Waals surface area contributed by atoms with Crippen LogP contribution in [-0.4, -0.2) is 212 Å². The van der Waals surface area contributed by atoms with Gasteiger partial charge < -0.3 is 107 Å². The summed E-state index contributed by atoms with van der Waals surface area (Å²) in [5.74, 6) is -19.3. The number of unbranched alkanes of at least 4 members (excludes halogenated alkanes) is 1. The molecule has 0 aliphatic rings. The molecule has 0 spiro atoms. The molecule has 0 radical (unpaired) electrons. The number of nitrogens with two attached hydrogens (primary N) is 4. The standard InChI is InChI=1S/C67H92N16O20S/c1-35(2)25-44(60(95)76-43(21-23-55(88)89)59(94)80-47(28-38-32-72-40-18-10-9-17-39(38)40)63(98)83-51(34-104)66(101)81-48(29-53(71)86)64(99)82-50(33-84)67(102)103)77-62(97)46(27-37-15-7-4-8-16-37)78-58(93)42(20-22-52(70)85)75-57(92)41(19-11-12-24-68)74-61(96)45(26-36-13-5-3-6-14-36)79-65(100)49(30-56(90)91)73-54(87)31-69/h3-10,13-18,32,35,41-51,72,84,104H,11-12,19-31,33-34,68-69H2,1-2H3,(H2,70,85)(H2,71,86)(H,73,87)(H,74,96)(H,75,92)(H,76,95)(H,77,97)(H,78,93)(H,79,100)(H,80,94)(H,81,101)(H,82,99)(H,83,98)(H,88,89)(H,90,91)(H,102,103)/t41-,42-,43-,44-,45-,46-,47-,48-,49-,50-,51-/m0/s1. The molecule has 0 saturated carbocycles. The highest BCUT2D eigenvalue weighted by molar-refractivity contribution is 7.80. The number of carbonyl (C=O) groups is 16. The minimum atomic E-state index is -1.86. The third kappa shape index (κ3) is 29.5. The molecule has 3 aromatic carbocycles. The average molecular weight is 1470 g/mol. The van der Waals surface area contributed by atoms with Crippen molar-refractivity contribution < 1.29 is 97.1 Å². The monoisotopic (exact) mass is 1470 g/mol. The van der Waals surface area contributed by atoms with Crippen LogP contribution in [0.2, 0.25) is 0 Å². The number of aromatic nitrogens is 1. The number of benzene rings is 3. The van der Waals surface area contributed by atoms with Crippen molar-refractivity contribution in [1.29, 1.82) is 0 Å². The lowest BCUT2D eigenvalue weighted by Crippen LogP contribution is -2.61. The lowest BCUT2D eigenvalue weighted by Gasteiger charge is -2.29. The maximum absolute atomic E-state index is 14.9. The summed E-state index contributed by atoms with van der Waals surface area (Å²) < 4.78 is 0. The van der Waals surface area contributed by atoms with Crippen LogP contribution in [0.5, 0.6) is 0 Å². The lowest BCUT2D eigenvalue weighted by atomic mass is 9.99. The zero-order chi connectivity index (χ0) is 77.2. The highest BCUT2D eigenvalue weighted by Gasteiger charge is 2.38. The number of aliphatic hydroxyl groups excluding tert-OH is 1. The van der Waals surface area contributed by atoms with Crippen molar-refractivity contribution in [2.75, 3.05) is 25.4 Å². The quantitative estimate of drug-likeness (QED) is 0.0146. The molecule has 0 bridgehead atoms. The largest absolute Gasteiger partial charge is 0.481 e. The Hall–Kier alpha value is -11.1. The molecule has 4 rings (SSSR count). The number of carbonyl (C=O) groups excluding carboxylic acids is 13. The van der Waals surface area contributed by atoms with Gasteiger partial charge in [0, 0.05) is 55.0 Å². The Morgan fingerprint density at radius 2 is 0.837 bits per heavy atom. The van der Waals surface area contributed by atoms with E-state index in [2.05, 4.69) is 70.8 Å². The smallest absolute Gasteiger partial charge is 0.328 e. The molecule has 36 nitrogen and oxygen atoms in total. The summed E-state index contributed by atoms with van der Waals surface area (Å²) in [6, 6.07) is 4.65. The Kier molecular flexibility index (Phi) is 35.9. The number of fused-ring (bicyclic) bond motifs is 1. The van der Waals surface area contributed by atoms with Crippen LogP contribution in [0.25, 0.3) is 10.9 Å². The molecule has 566 valence electrons. The number of hydrogen-bond donors (Lipinski definition) is 21. The fraction of sp³-hybridized carbons (Fsp3) is 0.463. The Morgan fingerprint density at radius 1 is 0.433 bits per heavy atom. The van der Waals surface area contributed by atoms with Gasteiger partial charge in [-0.05, 0) is 73.7 Å². The van der Waals surface area contributed by atoms with Crippen molar-refractivity contribution in [3.05, 3.63) is 108 Å². The third-order valence-electron chi connectivity index (χ3n) is 15.9. The van der Waals surface area contributed by atoms with E-state index in [1.807, 2.05) is 5.32 Å². The fourth-order valence-electron chi connectivity index (χ4n) is 10.6. The predicted molar refractivity (Wildman–Crippen MR) is 375 cm³/mol. The van der Waals surface area contributed by atoms with Gasteiger partial charge in [0.25, 0.3) is 0 Å². The first-order valence-corrected chi connectivity index (χ1v) is 33.8. The minimum absolute atomic E-state index is 0.130. The highest BCUT2D eigenvalue weighted by atomic mass is 32.1. The summed E-state index contributed by atoms with van der Waals surface area (Å²) in [6.45, 7) is 1.81. The number of para-hydroxylation sites is 1. The second-order valence-corrected chi connectivity index (χ2v) is 25.1. The molecular formula is C67H92N16O20S. The van der Waals surface area contributed by atoms with E-state index in [1.54, 1.807) is 98.8 Å². The van der Waals surface area contributed by atoms with Crippen molar-refractivity contribution in [3.8, 4) is 0 Å². The van der Waals surface area contributed by atoms with Crippen LogP contribution in [0.15, 0.2) is 91.1 Å². The Balaban J connectivity index is 1.69. The number of carboxylic acid groups (broad SMARTS) is 3. The number of aromatic amines is 1. The third-order valence-corrected chi connectivity index (χ3v) is 16.3. The van der Waals surface area contributed by atoms with E-state index in [9.17, 15) is 97.1 Å².